The van der Waals surface area contributed by atoms with Crippen LogP contribution >= 0.6 is 0 Å². The van der Waals surface area contributed by atoms with E-state index >= 15 is 0 Å². The smallest absolute Gasteiger partial charge is 0.155 e. The van der Waals surface area contributed by atoms with E-state index in [4.69, 9.17) is 9.98 Å². The molecule has 0 radical (unpaired) electrons. The van der Waals surface area contributed by atoms with Crippen LogP contribution in [0, 0.1) is 6.92 Å². The Morgan fingerprint density at radius 2 is 1.85 bits per heavy atom. The second-order valence-corrected chi connectivity index (χ2v) is 6.91. The zero-order valence-electron chi connectivity index (χ0n) is 17.0. The van der Waals surface area contributed by atoms with Gasteiger partial charge >= 0.3 is 0 Å². The summed E-state index contributed by atoms with van der Waals surface area (Å²) >= 11 is 0. The second kappa shape index (κ2) is 8.30. The molecule has 1 aliphatic rings. The zero-order valence-corrected chi connectivity index (χ0v) is 17.0. The van der Waals surface area contributed by atoms with Crippen molar-refractivity contribution < 1.29 is 0 Å². The molecule has 0 amide bonds. The molecule has 2 heteroatoms. The number of hydrogen-bond acceptors (Lipinski definition) is 2. The Kier molecular flexibility index (Phi) is 5.85. The summed E-state index contributed by atoms with van der Waals surface area (Å²) in [6.45, 7) is 11.3. The quantitative estimate of drug-likeness (QED) is 0.572. The first kappa shape index (κ1) is 19.0. The van der Waals surface area contributed by atoms with Crippen LogP contribution < -0.4 is 0 Å². The molecule has 2 aromatic carbocycles. The molecule has 27 heavy (non-hydrogen) atoms. The Hall–Kier alpha value is -2.74. The van der Waals surface area contributed by atoms with Crippen molar-refractivity contribution in [1.29, 1.82) is 0 Å². The summed E-state index contributed by atoms with van der Waals surface area (Å²) in [5.74, 6) is 0.864. The van der Waals surface area contributed by atoms with Crippen molar-refractivity contribution in [3.8, 4) is 0 Å². The third-order valence-corrected chi connectivity index (χ3v) is 5.25. The number of aryl methyl sites for hydroxylation is 2. The van der Waals surface area contributed by atoms with E-state index in [1.54, 1.807) is 0 Å². The molecule has 0 saturated heterocycles. The fourth-order valence-electron chi connectivity index (χ4n) is 3.59. The maximum Gasteiger partial charge on any atom is 0.155 e. The van der Waals surface area contributed by atoms with Crippen molar-refractivity contribution in [1.82, 2.24) is 0 Å². The SMILES string of the molecule is C/C=C(C)\C(=C/C)c1ccc(C2=NC(c3ccccc3CC)=NC2)cc1C. The zero-order chi connectivity index (χ0) is 19.4. The molecule has 0 bridgehead atoms. The summed E-state index contributed by atoms with van der Waals surface area (Å²) in [6.07, 6.45) is 5.34. The van der Waals surface area contributed by atoms with E-state index in [0.29, 0.717) is 6.54 Å². The van der Waals surface area contributed by atoms with Crippen molar-refractivity contribution in [2.45, 2.75) is 41.0 Å². The monoisotopic (exact) mass is 356 g/mol. The minimum Gasteiger partial charge on any atom is -0.260 e. The van der Waals surface area contributed by atoms with Gasteiger partial charge in [0.2, 0.25) is 0 Å². The predicted octanol–water partition coefficient (Wildman–Crippen LogP) is 6.18. The molecular weight excluding hydrogens is 328 g/mol. The number of hydrogen-bond donors (Lipinski definition) is 0. The highest BCUT2D eigenvalue weighted by atomic mass is 15.0. The van der Waals surface area contributed by atoms with Crippen molar-refractivity contribution in [2.75, 3.05) is 6.54 Å². The summed E-state index contributed by atoms with van der Waals surface area (Å²) in [4.78, 5) is 9.57. The van der Waals surface area contributed by atoms with Gasteiger partial charge < -0.3 is 0 Å². The molecule has 0 saturated carbocycles. The van der Waals surface area contributed by atoms with Crippen molar-refractivity contribution >= 4 is 17.1 Å². The van der Waals surface area contributed by atoms with Crippen LogP contribution in [-0.2, 0) is 6.42 Å². The highest BCUT2D eigenvalue weighted by Gasteiger charge is 2.17. The highest BCUT2D eigenvalue weighted by molar-refractivity contribution is 6.17. The minimum absolute atomic E-state index is 0.649. The third-order valence-electron chi connectivity index (χ3n) is 5.25. The summed E-state index contributed by atoms with van der Waals surface area (Å²) in [6, 6.07) is 15.1. The van der Waals surface area contributed by atoms with Gasteiger partial charge in [-0.15, -0.1) is 0 Å². The number of benzene rings is 2. The van der Waals surface area contributed by atoms with Gasteiger partial charge in [0.05, 0.1) is 12.3 Å². The molecule has 0 spiro atoms. The maximum absolute atomic E-state index is 4.86. The Morgan fingerprint density at radius 3 is 2.52 bits per heavy atom. The number of nitrogens with zero attached hydrogens (tertiary/aromatic N) is 2. The van der Waals surface area contributed by atoms with Gasteiger partial charge in [-0.2, -0.15) is 0 Å². The summed E-state index contributed by atoms with van der Waals surface area (Å²) in [7, 11) is 0. The van der Waals surface area contributed by atoms with E-state index in [2.05, 4.69) is 89.2 Å². The van der Waals surface area contributed by atoms with Crippen LogP contribution in [0.4, 0.5) is 0 Å². The molecule has 2 nitrogen and oxygen atoms in total. The normalized spacial score (nSPS) is 15.0. The number of amidine groups is 1. The average molecular weight is 357 g/mol. The Balaban J connectivity index is 1.92. The molecule has 1 heterocycles. The van der Waals surface area contributed by atoms with Crippen LogP contribution in [0.25, 0.3) is 5.57 Å². The van der Waals surface area contributed by atoms with Crippen LogP contribution in [-0.4, -0.2) is 18.1 Å². The van der Waals surface area contributed by atoms with Crippen molar-refractivity contribution in [3.05, 3.63) is 88.0 Å². The molecule has 0 fully saturated rings. The second-order valence-electron chi connectivity index (χ2n) is 6.91. The van der Waals surface area contributed by atoms with Gasteiger partial charge in [0.25, 0.3) is 0 Å². The van der Waals surface area contributed by atoms with Crippen LogP contribution in [0.5, 0.6) is 0 Å². The average Bonchev–Trinajstić information content (AvgIpc) is 3.19. The van der Waals surface area contributed by atoms with E-state index < -0.39 is 0 Å². The van der Waals surface area contributed by atoms with E-state index in [-0.39, 0.29) is 0 Å². The van der Waals surface area contributed by atoms with Crippen LogP contribution in [0.1, 0.15) is 55.5 Å². The van der Waals surface area contributed by atoms with Gasteiger partial charge in [-0.3, -0.25) is 4.99 Å². The van der Waals surface area contributed by atoms with Gasteiger partial charge in [-0.25, -0.2) is 4.99 Å². The van der Waals surface area contributed by atoms with E-state index in [1.165, 1.54) is 27.8 Å². The van der Waals surface area contributed by atoms with E-state index in [0.717, 1.165) is 29.1 Å². The highest BCUT2D eigenvalue weighted by Crippen LogP contribution is 2.27. The van der Waals surface area contributed by atoms with E-state index in [9.17, 15) is 0 Å². The van der Waals surface area contributed by atoms with E-state index in [1.807, 2.05) is 0 Å². The molecule has 0 aliphatic carbocycles. The van der Waals surface area contributed by atoms with Gasteiger partial charge in [0.15, 0.2) is 5.84 Å². The third kappa shape index (κ3) is 3.85. The Morgan fingerprint density at radius 1 is 1.07 bits per heavy atom. The molecule has 0 N–H and O–H groups in total. The topological polar surface area (TPSA) is 24.7 Å². The lowest BCUT2D eigenvalue weighted by Gasteiger charge is -2.13. The minimum atomic E-state index is 0.649. The molecule has 138 valence electrons. The lowest BCUT2D eigenvalue weighted by molar-refractivity contribution is 1.13. The molecular formula is C25H28N2. The first-order valence-electron chi connectivity index (χ1n) is 9.70. The number of allylic oxidation sites excluding steroid dienone is 4. The maximum atomic E-state index is 4.86. The standard InChI is InChI=1S/C25H28N2/c1-6-17(4)21(8-3)22-14-13-20(15-18(22)5)24-16-26-25(27-24)23-12-10-9-11-19(23)7-2/h6,8-15H,7,16H2,1-5H3/b17-6-,21-8+. The molecule has 0 unspecified atom stereocenters. The van der Waals surface area contributed by atoms with Crippen LogP contribution in [0.3, 0.4) is 0 Å². The summed E-state index contributed by atoms with van der Waals surface area (Å²) in [5.41, 5.74) is 9.82. The summed E-state index contributed by atoms with van der Waals surface area (Å²) < 4.78 is 0. The number of rotatable bonds is 5. The number of aliphatic imine (C=N–C) groups is 2. The van der Waals surface area contributed by atoms with Gasteiger partial charge in [-0.05, 0) is 73.6 Å². The lowest BCUT2D eigenvalue weighted by Crippen LogP contribution is -2.04. The van der Waals surface area contributed by atoms with Crippen molar-refractivity contribution in [3.63, 3.8) is 0 Å². The van der Waals surface area contributed by atoms with Crippen LogP contribution in [0.15, 0.2) is 70.2 Å². The molecule has 1 aliphatic heterocycles. The first-order chi connectivity index (χ1) is 13.1. The predicted molar refractivity (Wildman–Crippen MR) is 118 cm³/mol. The Labute approximate surface area is 163 Å². The fourth-order valence-corrected chi connectivity index (χ4v) is 3.59. The van der Waals surface area contributed by atoms with Gasteiger partial charge in [-0.1, -0.05) is 55.5 Å². The molecule has 0 aromatic heterocycles. The van der Waals surface area contributed by atoms with Gasteiger partial charge in [0.1, 0.15) is 0 Å². The largest absolute Gasteiger partial charge is 0.260 e. The van der Waals surface area contributed by atoms with Crippen molar-refractivity contribution in [2.24, 2.45) is 9.98 Å². The first-order valence-corrected chi connectivity index (χ1v) is 9.70. The molecule has 2 aromatic rings. The van der Waals surface area contributed by atoms with Gasteiger partial charge in [0, 0.05) is 5.56 Å². The molecule has 0 atom stereocenters. The molecule has 3 rings (SSSR count). The Bertz CT molecular complexity index is 972. The van der Waals surface area contributed by atoms with Crippen LogP contribution in [0.2, 0.25) is 0 Å². The summed E-state index contributed by atoms with van der Waals surface area (Å²) in [5, 5.41) is 0. The fraction of sp³-hybridized carbons (Fsp3) is 0.280. The lowest BCUT2D eigenvalue weighted by atomic mass is 9.92.